The van der Waals surface area contributed by atoms with Gasteiger partial charge in [-0.3, -0.25) is 0 Å². The minimum Gasteiger partial charge on any atom is -0.340 e. The van der Waals surface area contributed by atoms with Gasteiger partial charge in [-0.2, -0.15) is 17.5 Å². The summed E-state index contributed by atoms with van der Waals surface area (Å²) < 4.78 is 66.8. The van der Waals surface area contributed by atoms with Crippen LogP contribution in [0.15, 0.2) is 53.4 Å². The lowest BCUT2D eigenvalue weighted by Crippen LogP contribution is -2.37. The Labute approximate surface area is 178 Å². The number of benzene rings is 2. The van der Waals surface area contributed by atoms with Crippen LogP contribution in [-0.2, 0) is 16.2 Å². The van der Waals surface area contributed by atoms with E-state index in [0.29, 0.717) is 30.1 Å². The zero-order valence-electron chi connectivity index (χ0n) is 16.7. The second kappa shape index (κ2) is 8.08. The van der Waals surface area contributed by atoms with E-state index in [9.17, 15) is 21.6 Å². The van der Waals surface area contributed by atoms with Crippen molar-refractivity contribution in [1.82, 2.24) is 14.3 Å². The zero-order chi connectivity index (χ0) is 22.2. The molecular weight excluding hydrogens is 429 g/mol. The number of alkyl halides is 3. The molecule has 1 aliphatic rings. The van der Waals surface area contributed by atoms with Crippen LogP contribution in [0.2, 0.25) is 0 Å². The van der Waals surface area contributed by atoms with Crippen LogP contribution in [0.1, 0.15) is 25.6 Å². The van der Waals surface area contributed by atoms with Crippen molar-refractivity contribution in [3.63, 3.8) is 0 Å². The van der Waals surface area contributed by atoms with Gasteiger partial charge >= 0.3 is 6.18 Å². The normalized spacial score (nSPS) is 16.5. The molecule has 4 rings (SSSR count). The molecule has 164 valence electrons. The molecule has 1 aliphatic heterocycles. The third-order valence-electron chi connectivity index (χ3n) is 5.35. The maximum absolute atomic E-state index is 13.2. The van der Waals surface area contributed by atoms with E-state index in [0.717, 1.165) is 12.8 Å². The van der Waals surface area contributed by atoms with E-state index in [2.05, 4.69) is 22.2 Å². The maximum Gasteiger partial charge on any atom is 0.451 e. The third kappa shape index (κ3) is 4.49. The molecule has 10 heteroatoms. The SMILES string of the molecule is CC1CCN(S(=O)(=O)c2ccc(Nc3nc(C(F)(F)F)nc4ccccc34)cc2)CC1. The average Bonchev–Trinajstić information content (AvgIpc) is 2.74. The van der Waals surface area contributed by atoms with Gasteiger partial charge in [-0.15, -0.1) is 0 Å². The van der Waals surface area contributed by atoms with Crippen LogP contribution < -0.4 is 5.32 Å². The van der Waals surface area contributed by atoms with Gasteiger partial charge < -0.3 is 5.32 Å². The summed E-state index contributed by atoms with van der Waals surface area (Å²) in [7, 11) is -3.60. The Bertz CT molecular complexity index is 1190. The van der Waals surface area contributed by atoms with E-state index >= 15 is 0 Å². The van der Waals surface area contributed by atoms with Crippen molar-refractivity contribution >= 4 is 32.4 Å². The summed E-state index contributed by atoms with van der Waals surface area (Å²) in [5.41, 5.74) is 0.578. The summed E-state index contributed by atoms with van der Waals surface area (Å²) in [5, 5.41) is 3.29. The highest BCUT2D eigenvalue weighted by Gasteiger charge is 2.35. The summed E-state index contributed by atoms with van der Waals surface area (Å²) in [6.45, 7) is 3.07. The van der Waals surface area contributed by atoms with Crippen molar-refractivity contribution in [2.75, 3.05) is 18.4 Å². The number of nitrogens with zero attached hydrogens (tertiary/aromatic N) is 3. The monoisotopic (exact) mass is 450 g/mol. The largest absolute Gasteiger partial charge is 0.451 e. The van der Waals surface area contributed by atoms with E-state index < -0.39 is 22.0 Å². The fraction of sp³-hybridized carbons (Fsp3) is 0.333. The van der Waals surface area contributed by atoms with Crippen molar-refractivity contribution in [2.45, 2.75) is 30.8 Å². The lowest BCUT2D eigenvalue weighted by atomic mass is 10.0. The van der Waals surface area contributed by atoms with E-state index in [-0.39, 0.29) is 16.2 Å². The predicted molar refractivity (Wildman–Crippen MR) is 111 cm³/mol. The van der Waals surface area contributed by atoms with E-state index in [1.807, 2.05) is 0 Å². The molecule has 0 aliphatic carbocycles. The molecule has 31 heavy (non-hydrogen) atoms. The van der Waals surface area contributed by atoms with Crippen LogP contribution in [0.25, 0.3) is 10.9 Å². The number of halogens is 3. The molecule has 1 aromatic heterocycles. The van der Waals surface area contributed by atoms with Gasteiger partial charge in [0.15, 0.2) is 0 Å². The summed E-state index contributed by atoms with van der Waals surface area (Å²) in [4.78, 5) is 7.39. The first-order valence-corrected chi connectivity index (χ1v) is 11.3. The number of fused-ring (bicyclic) bond motifs is 1. The molecule has 0 saturated carbocycles. The van der Waals surface area contributed by atoms with Crippen molar-refractivity contribution in [3.05, 3.63) is 54.4 Å². The Morgan fingerprint density at radius 3 is 2.29 bits per heavy atom. The first-order chi connectivity index (χ1) is 14.6. The predicted octanol–water partition coefficient (Wildman–Crippen LogP) is 4.81. The number of piperidine rings is 1. The van der Waals surface area contributed by atoms with Gasteiger partial charge in [-0.25, -0.2) is 18.4 Å². The Hall–Kier alpha value is -2.72. The maximum atomic E-state index is 13.2. The van der Waals surface area contributed by atoms with E-state index in [4.69, 9.17) is 0 Å². The van der Waals surface area contributed by atoms with E-state index in [1.165, 1.54) is 34.6 Å². The molecule has 3 aromatic rings. The number of nitrogens with one attached hydrogen (secondary N) is 1. The molecule has 0 unspecified atom stereocenters. The summed E-state index contributed by atoms with van der Waals surface area (Å²) >= 11 is 0. The molecule has 2 aromatic carbocycles. The molecule has 1 saturated heterocycles. The highest BCUT2D eigenvalue weighted by atomic mass is 32.2. The Morgan fingerprint density at radius 1 is 1.00 bits per heavy atom. The number of para-hydroxylation sites is 1. The third-order valence-corrected chi connectivity index (χ3v) is 7.27. The van der Waals surface area contributed by atoms with Crippen molar-refractivity contribution < 1.29 is 21.6 Å². The van der Waals surface area contributed by atoms with Crippen LogP contribution in [0.4, 0.5) is 24.7 Å². The molecule has 6 nitrogen and oxygen atoms in total. The average molecular weight is 450 g/mol. The number of hydrogen-bond donors (Lipinski definition) is 1. The first-order valence-electron chi connectivity index (χ1n) is 9.86. The highest BCUT2D eigenvalue weighted by molar-refractivity contribution is 7.89. The summed E-state index contributed by atoms with van der Waals surface area (Å²) in [5.74, 6) is -0.743. The van der Waals surface area contributed by atoms with Gasteiger partial charge in [0, 0.05) is 24.2 Å². The number of anilines is 2. The number of hydrogen-bond acceptors (Lipinski definition) is 5. The quantitative estimate of drug-likeness (QED) is 0.617. The molecule has 1 fully saturated rings. The van der Waals surface area contributed by atoms with Crippen molar-refractivity contribution in [2.24, 2.45) is 5.92 Å². The number of sulfonamides is 1. The Balaban J connectivity index is 1.62. The molecule has 0 bridgehead atoms. The van der Waals surface area contributed by atoms with E-state index in [1.54, 1.807) is 18.2 Å². The summed E-state index contributed by atoms with van der Waals surface area (Å²) in [6.07, 6.45) is -3.05. The zero-order valence-corrected chi connectivity index (χ0v) is 17.5. The minimum atomic E-state index is -4.69. The number of aromatic nitrogens is 2. The first kappa shape index (κ1) is 21.5. The van der Waals surface area contributed by atoms with Gasteiger partial charge in [0.05, 0.1) is 10.4 Å². The minimum absolute atomic E-state index is 0.00134. The second-order valence-corrected chi connectivity index (χ2v) is 9.58. The molecule has 2 heterocycles. The molecular formula is C21H21F3N4O2S. The van der Waals surface area contributed by atoms with Crippen LogP contribution in [0.5, 0.6) is 0 Å². The van der Waals surface area contributed by atoms with Gasteiger partial charge in [-0.1, -0.05) is 19.1 Å². The van der Waals surface area contributed by atoms with Crippen LogP contribution in [0, 0.1) is 5.92 Å². The van der Waals surface area contributed by atoms with Gasteiger partial charge in [0.1, 0.15) is 5.82 Å². The van der Waals surface area contributed by atoms with Crippen molar-refractivity contribution in [3.8, 4) is 0 Å². The topological polar surface area (TPSA) is 75.2 Å². The summed E-state index contributed by atoms with van der Waals surface area (Å²) in [6, 6.07) is 12.3. The Morgan fingerprint density at radius 2 is 1.65 bits per heavy atom. The van der Waals surface area contributed by atoms with Crippen LogP contribution >= 0.6 is 0 Å². The number of rotatable bonds is 4. The lowest BCUT2D eigenvalue weighted by Gasteiger charge is -2.29. The fourth-order valence-electron chi connectivity index (χ4n) is 3.52. The molecule has 0 radical (unpaired) electrons. The molecule has 1 N–H and O–H groups in total. The highest BCUT2D eigenvalue weighted by Crippen LogP contribution is 2.32. The lowest BCUT2D eigenvalue weighted by molar-refractivity contribution is -0.144. The molecule has 0 amide bonds. The Kier molecular flexibility index (Phi) is 5.61. The standard InChI is InChI=1S/C21H21F3N4O2S/c1-14-10-12-28(13-11-14)31(29,30)16-8-6-15(7-9-16)25-19-17-4-2-3-5-18(17)26-20(27-19)21(22,23)24/h2-9,14H,10-13H2,1H3,(H,25,26,27). The van der Waals surface area contributed by atoms with Gasteiger partial charge in [0.2, 0.25) is 15.8 Å². The second-order valence-electron chi connectivity index (χ2n) is 7.65. The molecule has 0 atom stereocenters. The van der Waals surface area contributed by atoms with Gasteiger partial charge in [-0.05, 0) is 55.2 Å². The molecule has 0 spiro atoms. The van der Waals surface area contributed by atoms with Gasteiger partial charge in [0.25, 0.3) is 0 Å². The van der Waals surface area contributed by atoms with Crippen LogP contribution in [-0.4, -0.2) is 35.8 Å². The van der Waals surface area contributed by atoms with Crippen LogP contribution in [0.3, 0.4) is 0 Å². The van der Waals surface area contributed by atoms with Crippen molar-refractivity contribution in [1.29, 1.82) is 0 Å². The smallest absolute Gasteiger partial charge is 0.340 e. The fourth-order valence-corrected chi connectivity index (χ4v) is 4.99.